The zero-order valence-electron chi connectivity index (χ0n) is 15.3. The van der Waals surface area contributed by atoms with Crippen LogP contribution in [-0.2, 0) is 16.1 Å². The highest BCUT2D eigenvalue weighted by atomic mass is 35.5. The fourth-order valence-electron chi connectivity index (χ4n) is 3.45. The Morgan fingerprint density at radius 3 is 2.43 bits per heavy atom. The molecule has 30 heavy (non-hydrogen) atoms. The first-order valence-corrected chi connectivity index (χ1v) is 10.1. The summed E-state index contributed by atoms with van der Waals surface area (Å²) in [6.07, 6.45) is 0. The van der Waals surface area contributed by atoms with E-state index < -0.39 is 35.1 Å². The van der Waals surface area contributed by atoms with Crippen molar-refractivity contribution in [1.82, 2.24) is 4.90 Å². The second-order valence-corrected chi connectivity index (χ2v) is 8.09. The van der Waals surface area contributed by atoms with E-state index in [1.54, 1.807) is 12.1 Å². The third kappa shape index (κ3) is 3.51. The van der Waals surface area contributed by atoms with Crippen molar-refractivity contribution >= 4 is 40.4 Å². The topological polar surface area (TPSA) is 57.6 Å². The quantitative estimate of drug-likeness (QED) is 0.337. The SMILES string of the molecule is O=C1C(=O)N(Cc2cccs2)C(c2c(F)cccc2Cl)/C1=C(\O)c1ccc(F)cc1. The van der Waals surface area contributed by atoms with Gasteiger partial charge in [0.05, 0.1) is 18.2 Å². The predicted octanol–water partition coefficient (Wildman–Crippen LogP) is 5.30. The van der Waals surface area contributed by atoms with Crippen LogP contribution in [0.25, 0.3) is 5.76 Å². The summed E-state index contributed by atoms with van der Waals surface area (Å²) in [5.74, 6) is -3.60. The molecule has 1 N–H and O–H groups in total. The molecule has 2 heterocycles. The molecule has 1 aliphatic heterocycles. The Balaban J connectivity index is 1.93. The number of hydrogen-bond acceptors (Lipinski definition) is 4. The standard InChI is InChI=1S/C22H14ClF2NO3S/c23-15-4-1-5-16(25)17(15)19-18(20(27)12-6-8-13(24)9-7-12)21(28)22(29)26(19)11-14-3-2-10-30-14/h1-10,19,27H,11H2/b20-18+. The molecule has 0 radical (unpaired) electrons. The molecule has 8 heteroatoms. The number of halogens is 3. The normalized spacial score (nSPS) is 18.2. The number of benzene rings is 2. The largest absolute Gasteiger partial charge is 0.507 e. The van der Waals surface area contributed by atoms with Crippen LogP contribution in [0.5, 0.6) is 0 Å². The van der Waals surface area contributed by atoms with Crippen LogP contribution in [0.4, 0.5) is 8.78 Å². The van der Waals surface area contributed by atoms with Gasteiger partial charge in [-0.25, -0.2) is 8.78 Å². The second-order valence-electron chi connectivity index (χ2n) is 6.65. The van der Waals surface area contributed by atoms with Crippen molar-refractivity contribution in [3.63, 3.8) is 0 Å². The van der Waals surface area contributed by atoms with E-state index in [0.29, 0.717) is 0 Å². The molecule has 152 valence electrons. The summed E-state index contributed by atoms with van der Waals surface area (Å²) >= 11 is 7.62. The zero-order chi connectivity index (χ0) is 21.4. The van der Waals surface area contributed by atoms with Gasteiger partial charge in [0.1, 0.15) is 17.4 Å². The number of ketones is 1. The Morgan fingerprint density at radius 2 is 1.80 bits per heavy atom. The Morgan fingerprint density at radius 1 is 1.07 bits per heavy atom. The molecule has 1 unspecified atom stereocenters. The Bertz CT molecular complexity index is 1140. The number of nitrogens with zero attached hydrogens (tertiary/aromatic N) is 1. The Hall–Kier alpha value is -3.03. The number of carbonyl (C=O) groups is 2. The van der Waals surface area contributed by atoms with Crippen LogP contribution in [0.2, 0.25) is 5.02 Å². The summed E-state index contributed by atoms with van der Waals surface area (Å²) in [6, 6.07) is 11.1. The molecule has 1 saturated heterocycles. The molecule has 0 saturated carbocycles. The minimum absolute atomic E-state index is 0.0167. The van der Waals surface area contributed by atoms with Crippen LogP contribution in [0.3, 0.4) is 0 Å². The zero-order valence-corrected chi connectivity index (χ0v) is 16.9. The maximum atomic E-state index is 14.8. The van der Waals surface area contributed by atoms with Crippen LogP contribution in [-0.4, -0.2) is 21.7 Å². The molecule has 1 aliphatic rings. The van der Waals surface area contributed by atoms with Crippen molar-refractivity contribution in [2.24, 2.45) is 0 Å². The van der Waals surface area contributed by atoms with Crippen LogP contribution in [0.15, 0.2) is 65.6 Å². The van der Waals surface area contributed by atoms with Gasteiger partial charge in [0.15, 0.2) is 0 Å². The molecule has 0 spiro atoms. The van der Waals surface area contributed by atoms with Gasteiger partial charge in [-0.3, -0.25) is 9.59 Å². The summed E-state index contributed by atoms with van der Waals surface area (Å²) in [7, 11) is 0. The first-order chi connectivity index (χ1) is 14.4. The summed E-state index contributed by atoms with van der Waals surface area (Å²) in [6.45, 7) is 0.0395. The minimum atomic E-state index is -1.23. The van der Waals surface area contributed by atoms with Gasteiger partial charge in [-0.1, -0.05) is 23.7 Å². The van der Waals surface area contributed by atoms with Crippen molar-refractivity contribution in [2.45, 2.75) is 12.6 Å². The van der Waals surface area contributed by atoms with E-state index in [0.717, 1.165) is 17.0 Å². The second kappa shape index (κ2) is 8.01. The fraction of sp³-hybridized carbons (Fsp3) is 0.0909. The molecule has 0 bridgehead atoms. The maximum absolute atomic E-state index is 14.8. The van der Waals surface area contributed by atoms with E-state index >= 15 is 0 Å². The summed E-state index contributed by atoms with van der Waals surface area (Å²) in [4.78, 5) is 27.7. The highest BCUT2D eigenvalue weighted by molar-refractivity contribution is 7.09. The van der Waals surface area contributed by atoms with Gasteiger partial charge in [-0.15, -0.1) is 11.3 Å². The number of Topliss-reactive ketones (excluding diaryl/α,β-unsaturated/α-hetero) is 1. The van der Waals surface area contributed by atoms with E-state index in [-0.39, 0.29) is 28.3 Å². The number of aliphatic hydroxyl groups is 1. The molecule has 1 aromatic heterocycles. The van der Waals surface area contributed by atoms with Crippen molar-refractivity contribution in [1.29, 1.82) is 0 Å². The molecule has 3 aromatic rings. The lowest BCUT2D eigenvalue weighted by Gasteiger charge is -2.26. The molecule has 1 fully saturated rings. The lowest BCUT2D eigenvalue weighted by Crippen LogP contribution is -2.29. The van der Waals surface area contributed by atoms with E-state index in [4.69, 9.17) is 11.6 Å². The van der Waals surface area contributed by atoms with Gasteiger partial charge >= 0.3 is 0 Å². The van der Waals surface area contributed by atoms with Gasteiger partial charge in [0.25, 0.3) is 11.7 Å². The van der Waals surface area contributed by atoms with Gasteiger partial charge in [-0.05, 0) is 47.8 Å². The van der Waals surface area contributed by atoms with Crippen LogP contribution >= 0.6 is 22.9 Å². The first kappa shape index (κ1) is 20.3. The number of thiophene rings is 1. The van der Waals surface area contributed by atoms with Gasteiger partial charge in [-0.2, -0.15) is 0 Å². The number of aliphatic hydroxyl groups excluding tert-OH is 1. The van der Waals surface area contributed by atoms with E-state index in [9.17, 15) is 23.5 Å². The lowest BCUT2D eigenvalue weighted by atomic mass is 9.94. The fourth-order valence-corrected chi connectivity index (χ4v) is 4.42. The smallest absolute Gasteiger partial charge is 0.295 e. The number of likely N-dealkylation sites (tertiary alicyclic amines) is 1. The molecule has 0 aliphatic carbocycles. The van der Waals surface area contributed by atoms with E-state index in [2.05, 4.69) is 0 Å². The molecule has 1 amide bonds. The Kier molecular flexibility index (Phi) is 5.40. The van der Waals surface area contributed by atoms with Crippen molar-refractivity contribution in [3.8, 4) is 0 Å². The Labute approximate surface area is 179 Å². The van der Waals surface area contributed by atoms with Crippen LogP contribution < -0.4 is 0 Å². The number of carbonyl (C=O) groups excluding carboxylic acids is 2. The molecular weight excluding hydrogens is 432 g/mol. The minimum Gasteiger partial charge on any atom is -0.507 e. The highest BCUT2D eigenvalue weighted by Gasteiger charge is 2.47. The molecule has 1 atom stereocenters. The number of hydrogen-bond donors (Lipinski definition) is 1. The van der Waals surface area contributed by atoms with Crippen molar-refractivity contribution in [2.75, 3.05) is 0 Å². The summed E-state index contributed by atoms with van der Waals surface area (Å²) in [5.41, 5.74) is -0.253. The van der Waals surface area contributed by atoms with Gasteiger partial charge in [0.2, 0.25) is 0 Å². The molecule has 4 rings (SSSR count). The summed E-state index contributed by atoms with van der Waals surface area (Å²) in [5, 5.41) is 12.7. The first-order valence-electron chi connectivity index (χ1n) is 8.89. The number of amides is 1. The van der Waals surface area contributed by atoms with Gasteiger partial charge < -0.3 is 10.0 Å². The van der Waals surface area contributed by atoms with Crippen LogP contribution in [0, 0.1) is 11.6 Å². The summed E-state index contributed by atoms with van der Waals surface area (Å²) < 4.78 is 28.1. The maximum Gasteiger partial charge on any atom is 0.295 e. The predicted molar refractivity (Wildman–Crippen MR) is 110 cm³/mol. The van der Waals surface area contributed by atoms with Gasteiger partial charge in [0, 0.05) is 21.0 Å². The average molecular weight is 446 g/mol. The van der Waals surface area contributed by atoms with Crippen LogP contribution in [0.1, 0.15) is 22.0 Å². The average Bonchev–Trinajstić information content (AvgIpc) is 3.31. The van der Waals surface area contributed by atoms with E-state index in [1.807, 2.05) is 5.38 Å². The van der Waals surface area contributed by atoms with Crippen molar-refractivity contribution < 1.29 is 23.5 Å². The molecule has 2 aromatic carbocycles. The highest BCUT2D eigenvalue weighted by Crippen LogP contribution is 2.43. The monoisotopic (exact) mass is 445 g/mol. The third-order valence-corrected chi connectivity index (χ3v) is 6.03. The number of rotatable bonds is 4. The molecular formula is C22H14ClF2NO3S. The molecule has 4 nitrogen and oxygen atoms in total. The van der Waals surface area contributed by atoms with Crippen molar-refractivity contribution in [3.05, 3.63) is 98.2 Å². The van der Waals surface area contributed by atoms with E-state index in [1.165, 1.54) is 46.6 Å². The lowest BCUT2D eigenvalue weighted by molar-refractivity contribution is -0.140. The third-order valence-electron chi connectivity index (χ3n) is 4.84.